The Bertz CT molecular complexity index is 232. The number of amides is 1. The van der Waals surface area contributed by atoms with Crippen LogP contribution >= 0.6 is 0 Å². The number of hydrogen-bond donors (Lipinski definition) is 2. The fourth-order valence-electron chi connectivity index (χ4n) is 2.58. The van der Waals surface area contributed by atoms with E-state index in [2.05, 4.69) is 19.2 Å². The molecule has 0 saturated heterocycles. The van der Waals surface area contributed by atoms with Gasteiger partial charge in [0, 0.05) is 6.04 Å². The van der Waals surface area contributed by atoms with Crippen molar-refractivity contribution in [1.82, 2.24) is 5.32 Å². The summed E-state index contributed by atoms with van der Waals surface area (Å²) in [7, 11) is 0. The zero-order valence-electron chi connectivity index (χ0n) is 10.9. The number of carbonyl (C=O) groups is 1. The number of nitrogens with one attached hydrogen (secondary N) is 1. The van der Waals surface area contributed by atoms with Gasteiger partial charge in [-0.3, -0.25) is 4.79 Å². The molecule has 0 aliphatic heterocycles. The Kier molecular flexibility index (Phi) is 4.78. The Morgan fingerprint density at radius 2 is 2.06 bits per heavy atom. The average molecular weight is 226 g/mol. The van der Waals surface area contributed by atoms with Crippen molar-refractivity contribution in [2.45, 2.75) is 70.9 Å². The molecule has 16 heavy (non-hydrogen) atoms. The second-order valence-corrected chi connectivity index (χ2v) is 5.47. The quantitative estimate of drug-likeness (QED) is 0.755. The number of nitrogens with two attached hydrogens (primary N) is 1. The Labute approximate surface area is 99.2 Å². The second kappa shape index (κ2) is 5.67. The third-order valence-corrected chi connectivity index (χ3v) is 3.75. The maximum absolute atomic E-state index is 12.0. The van der Waals surface area contributed by atoms with E-state index in [9.17, 15) is 4.79 Å². The van der Waals surface area contributed by atoms with Crippen LogP contribution in [0.4, 0.5) is 0 Å². The van der Waals surface area contributed by atoms with Gasteiger partial charge in [-0.25, -0.2) is 0 Å². The van der Waals surface area contributed by atoms with E-state index in [1.807, 2.05) is 6.92 Å². The molecule has 2 atom stereocenters. The zero-order valence-corrected chi connectivity index (χ0v) is 10.9. The normalized spacial score (nSPS) is 22.8. The molecule has 3 N–H and O–H groups in total. The standard InChI is InChI=1S/C13H26N2O/c1-4-9-13(3,14)12(16)15-10(2)11-7-5-6-8-11/h10-11H,4-9,14H2,1-3H3,(H,15,16)/t10-,13?/m0/s1. The smallest absolute Gasteiger partial charge is 0.240 e. The van der Waals surface area contributed by atoms with Gasteiger partial charge in [-0.05, 0) is 39.0 Å². The van der Waals surface area contributed by atoms with E-state index in [0.29, 0.717) is 5.92 Å². The Balaban J connectivity index is 2.43. The van der Waals surface area contributed by atoms with Crippen LogP contribution in [-0.4, -0.2) is 17.5 Å². The summed E-state index contributed by atoms with van der Waals surface area (Å²) in [6.45, 7) is 5.99. The van der Waals surface area contributed by atoms with Gasteiger partial charge in [-0.2, -0.15) is 0 Å². The molecular formula is C13H26N2O. The van der Waals surface area contributed by atoms with Crippen LogP contribution in [0.25, 0.3) is 0 Å². The number of carbonyl (C=O) groups excluding carboxylic acids is 1. The van der Waals surface area contributed by atoms with Gasteiger partial charge < -0.3 is 11.1 Å². The summed E-state index contributed by atoms with van der Waals surface area (Å²) >= 11 is 0. The monoisotopic (exact) mass is 226 g/mol. The van der Waals surface area contributed by atoms with E-state index in [4.69, 9.17) is 5.73 Å². The molecule has 94 valence electrons. The summed E-state index contributed by atoms with van der Waals surface area (Å²) in [6.07, 6.45) is 6.79. The minimum absolute atomic E-state index is 0.00810. The predicted octanol–water partition coefficient (Wildman–Crippen LogP) is 2.20. The molecule has 3 heteroatoms. The molecule has 0 heterocycles. The van der Waals surface area contributed by atoms with Crippen LogP contribution < -0.4 is 11.1 Å². The van der Waals surface area contributed by atoms with E-state index in [0.717, 1.165) is 12.8 Å². The first kappa shape index (κ1) is 13.5. The Morgan fingerprint density at radius 1 is 1.50 bits per heavy atom. The maximum atomic E-state index is 12.0. The lowest BCUT2D eigenvalue weighted by atomic mass is 9.94. The van der Waals surface area contributed by atoms with Crippen molar-refractivity contribution in [2.75, 3.05) is 0 Å². The van der Waals surface area contributed by atoms with E-state index in [-0.39, 0.29) is 11.9 Å². The van der Waals surface area contributed by atoms with Crippen molar-refractivity contribution < 1.29 is 4.79 Å². The lowest BCUT2D eigenvalue weighted by molar-refractivity contribution is -0.127. The number of rotatable bonds is 5. The van der Waals surface area contributed by atoms with Gasteiger partial charge in [-0.1, -0.05) is 26.2 Å². The molecule has 0 aromatic heterocycles. The first-order chi connectivity index (χ1) is 7.47. The topological polar surface area (TPSA) is 55.1 Å². The van der Waals surface area contributed by atoms with Crippen LogP contribution in [0.3, 0.4) is 0 Å². The van der Waals surface area contributed by atoms with Gasteiger partial charge in [0.2, 0.25) is 5.91 Å². The van der Waals surface area contributed by atoms with Crippen molar-refractivity contribution in [3.05, 3.63) is 0 Å². The van der Waals surface area contributed by atoms with Crippen molar-refractivity contribution in [2.24, 2.45) is 11.7 Å². The Hall–Kier alpha value is -0.570. The van der Waals surface area contributed by atoms with E-state index in [1.54, 1.807) is 0 Å². The van der Waals surface area contributed by atoms with Gasteiger partial charge in [0.15, 0.2) is 0 Å². The first-order valence-electron chi connectivity index (χ1n) is 6.57. The average Bonchev–Trinajstić information content (AvgIpc) is 2.70. The highest BCUT2D eigenvalue weighted by molar-refractivity contribution is 5.85. The highest BCUT2D eigenvalue weighted by atomic mass is 16.2. The van der Waals surface area contributed by atoms with Crippen LogP contribution in [0.2, 0.25) is 0 Å². The lowest BCUT2D eigenvalue weighted by Crippen LogP contribution is -2.54. The zero-order chi connectivity index (χ0) is 12.2. The minimum Gasteiger partial charge on any atom is -0.352 e. The first-order valence-corrected chi connectivity index (χ1v) is 6.57. The van der Waals surface area contributed by atoms with Crippen LogP contribution in [0.15, 0.2) is 0 Å². The third-order valence-electron chi connectivity index (χ3n) is 3.75. The summed E-state index contributed by atoms with van der Waals surface area (Å²) in [4.78, 5) is 12.0. The summed E-state index contributed by atoms with van der Waals surface area (Å²) in [5, 5.41) is 3.08. The molecule has 1 unspecified atom stereocenters. The molecule has 1 rings (SSSR count). The second-order valence-electron chi connectivity index (χ2n) is 5.47. The molecule has 0 bridgehead atoms. The highest BCUT2D eigenvalue weighted by Crippen LogP contribution is 2.27. The third kappa shape index (κ3) is 3.48. The van der Waals surface area contributed by atoms with Gasteiger partial charge in [0.05, 0.1) is 5.54 Å². The summed E-state index contributed by atoms with van der Waals surface area (Å²) < 4.78 is 0. The van der Waals surface area contributed by atoms with E-state index >= 15 is 0 Å². The molecular weight excluding hydrogens is 200 g/mol. The van der Waals surface area contributed by atoms with Crippen molar-refractivity contribution in [3.63, 3.8) is 0 Å². The van der Waals surface area contributed by atoms with Gasteiger partial charge in [-0.15, -0.1) is 0 Å². The molecule has 0 aromatic rings. The molecule has 1 aliphatic carbocycles. The van der Waals surface area contributed by atoms with Gasteiger partial charge >= 0.3 is 0 Å². The molecule has 1 aliphatic rings. The number of hydrogen-bond acceptors (Lipinski definition) is 2. The highest BCUT2D eigenvalue weighted by Gasteiger charge is 2.30. The van der Waals surface area contributed by atoms with Crippen LogP contribution in [0.1, 0.15) is 59.3 Å². The maximum Gasteiger partial charge on any atom is 0.240 e. The SMILES string of the molecule is CCCC(C)(N)C(=O)N[C@@H](C)C1CCCC1. The molecule has 3 nitrogen and oxygen atoms in total. The van der Waals surface area contributed by atoms with Crippen molar-refractivity contribution in [3.8, 4) is 0 Å². The molecule has 1 fully saturated rings. The lowest BCUT2D eigenvalue weighted by Gasteiger charge is -2.28. The van der Waals surface area contributed by atoms with E-state index in [1.165, 1.54) is 25.7 Å². The fourth-order valence-corrected chi connectivity index (χ4v) is 2.58. The predicted molar refractivity (Wildman–Crippen MR) is 67.1 cm³/mol. The van der Waals surface area contributed by atoms with Crippen molar-refractivity contribution in [1.29, 1.82) is 0 Å². The fraction of sp³-hybridized carbons (Fsp3) is 0.923. The summed E-state index contributed by atoms with van der Waals surface area (Å²) in [5.74, 6) is 0.662. The summed E-state index contributed by atoms with van der Waals surface area (Å²) in [5.41, 5.74) is 5.30. The van der Waals surface area contributed by atoms with Crippen LogP contribution in [0.5, 0.6) is 0 Å². The molecule has 0 radical (unpaired) electrons. The largest absolute Gasteiger partial charge is 0.352 e. The minimum atomic E-state index is -0.707. The molecule has 0 aromatic carbocycles. The molecule has 1 amide bonds. The van der Waals surface area contributed by atoms with Crippen LogP contribution in [-0.2, 0) is 4.79 Å². The van der Waals surface area contributed by atoms with Crippen LogP contribution in [0, 0.1) is 5.92 Å². The molecule has 1 saturated carbocycles. The van der Waals surface area contributed by atoms with Gasteiger partial charge in [0.25, 0.3) is 0 Å². The van der Waals surface area contributed by atoms with E-state index < -0.39 is 5.54 Å². The summed E-state index contributed by atoms with van der Waals surface area (Å²) in [6, 6.07) is 0.273. The van der Waals surface area contributed by atoms with Crippen molar-refractivity contribution >= 4 is 5.91 Å². The van der Waals surface area contributed by atoms with Gasteiger partial charge in [0.1, 0.15) is 0 Å². The molecule has 0 spiro atoms. The Morgan fingerprint density at radius 3 is 2.56 bits per heavy atom.